The number of hydrogen-bond donors (Lipinski definition) is 1. The average molecular weight is 296 g/mol. The summed E-state index contributed by atoms with van der Waals surface area (Å²) in [7, 11) is 0. The SMILES string of the molecule is Nc1ccc(C(=O)CC2CCCCC2)c(Br)c1. The molecule has 0 radical (unpaired) electrons. The number of ketones is 1. The molecule has 1 aromatic rings. The Kier molecular flexibility index (Phi) is 4.21. The minimum Gasteiger partial charge on any atom is -0.399 e. The molecule has 0 unspecified atom stereocenters. The van der Waals surface area contributed by atoms with Crippen LogP contribution < -0.4 is 5.73 Å². The predicted octanol–water partition coefficient (Wildman–Crippen LogP) is 4.18. The number of carbonyl (C=O) groups excluding carboxylic acids is 1. The lowest BCUT2D eigenvalue weighted by Crippen LogP contribution is -2.12. The molecule has 3 heteroatoms. The van der Waals surface area contributed by atoms with Gasteiger partial charge in [0.1, 0.15) is 0 Å². The molecule has 2 N–H and O–H groups in total. The molecule has 0 amide bonds. The highest BCUT2D eigenvalue weighted by Gasteiger charge is 2.19. The molecular formula is C14H18BrNO. The fourth-order valence-corrected chi connectivity index (χ4v) is 3.14. The van der Waals surface area contributed by atoms with Gasteiger partial charge in [0, 0.05) is 22.1 Å². The summed E-state index contributed by atoms with van der Waals surface area (Å²) >= 11 is 3.41. The zero-order chi connectivity index (χ0) is 12.3. The van der Waals surface area contributed by atoms with E-state index in [4.69, 9.17) is 5.73 Å². The molecule has 1 aliphatic carbocycles. The van der Waals surface area contributed by atoms with Gasteiger partial charge in [0.25, 0.3) is 0 Å². The molecule has 17 heavy (non-hydrogen) atoms. The van der Waals surface area contributed by atoms with Crippen LogP contribution in [-0.2, 0) is 0 Å². The van der Waals surface area contributed by atoms with Gasteiger partial charge in [0.2, 0.25) is 0 Å². The zero-order valence-corrected chi connectivity index (χ0v) is 11.5. The Hall–Kier alpha value is -0.830. The first kappa shape index (κ1) is 12.6. The predicted molar refractivity (Wildman–Crippen MR) is 74.1 cm³/mol. The summed E-state index contributed by atoms with van der Waals surface area (Å²) in [6.45, 7) is 0. The Labute approximate surface area is 111 Å². The summed E-state index contributed by atoms with van der Waals surface area (Å²) in [6.07, 6.45) is 6.98. The summed E-state index contributed by atoms with van der Waals surface area (Å²) in [5, 5.41) is 0. The lowest BCUT2D eigenvalue weighted by Gasteiger charge is -2.20. The largest absolute Gasteiger partial charge is 0.399 e. The van der Waals surface area contributed by atoms with E-state index in [-0.39, 0.29) is 5.78 Å². The summed E-state index contributed by atoms with van der Waals surface area (Å²) < 4.78 is 0.818. The van der Waals surface area contributed by atoms with Crippen LogP contribution in [0.2, 0.25) is 0 Å². The number of anilines is 1. The number of halogens is 1. The van der Waals surface area contributed by atoms with E-state index in [1.54, 1.807) is 12.1 Å². The number of nitrogen functional groups attached to an aromatic ring is 1. The molecule has 2 nitrogen and oxygen atoms in total. The van der Waals surface area contributed by atoms with Crippen molar-refractivity contribution in [2.45, 2.75) is 38.5 Å². The fraction of sp³-hybridized carbons (Fsp3) is 0.500. The second-order valence-electron chi connectivity index (χ2n) is 4.87. The normalized spacial score (nSPS) is 17.0. The molecule has 1 aromatic carbocycles. The van der Waals surface area contributed by atoms with Crippen molar-refractivity contribution in [2.24, 2.45) is 5.92 Å². The molecule has 1 saturated carbocycles. The van der Waals surface area contributed by atoms with Crippen molar-refractivity contribution in [3.05, 3.63) is 28.2 Å². The maximum Gasteiger partial charge on any atom is 0.164 e. The standard InChI is InChI=1S/C14H18BrNO/c15-13-9-11(16)6-7-12(13)14(17)8-10-4-2-1-3-5-10/h6-7,9-10H,1-5,8,16H2. The van der Waals surface area contributed by atoms with Crippen LogP contribution in [-0.4, -0.2) is 5.78 Å². The molecule has 0 atom stereocenters. The van der Waals surface area contributed by atoms with Crippen molar-refractivity contribution in [1.82, 2.24) is 0 Å². The van der Waals surface area contributed by atoms with E-state index in [0.29, 0.717) is 18.0 Å². The van der Waals surface area contributed by atoms with Gasteiger partial charge in [-0.25, -0.2) is 0 Å². The van der Waals surface area contributed by atoms with Crippen molar-refractivity contribution in [3.8, 4) is 0 Å². The van der Waals surface area contributed by atoms with E-state index in [1.807, 2.05) is 6.07 Å². The molecule has 0 bridgehead atoms. The third kappa shape index (κ3) is 3.32. The first-order valence-corrected chi connectivity index (χ1v) is 7.04. The lowest BCUT2D eigenvalue weighted by atomic mass is 9.85. The van der Waals surface area contributed by atoms with Crippen LogP contribution in [0.3, 0.4) is 0 Å². The number of rotatable bonds is 3. The highest BCUT2D eigenvalue weighted by atomic mass is 79.9. The van der Waals surface area contributed by atoms with Crippen LogP contribution >= 0.6 is 15.9 Å². The minimum absolute atomic E-state index is 0.240. The highest BCUT2D eigenvalue weighted by molar-refractivity contribution is 9.10. The van der Waals surface area contributed by atoms with Crippen molar-refractivity contribution in [2.75, 3.05) is 5.73 Å². The van der Waals surface area contributed by atoms with Gasteiger partial charge < -0.3 is 5.73 Å². The molecule has 0 spiro atoms. The van der Waals surface area contributed by atoms with Crippen molar-refractivity contribution in [1.29, 1.82) is 0 Å². The van der Waals surface area contributed by atoms with Crippen LogP contribution in [0.15, 0.2) is 22.7 Å². The number of benzene rings is 1. The molecule has 0 aromatic heterocycles. The molecule has 0 aliphatic heterocycles. The third-order valence-electron chi connectivity index (χ3n) is 3.49. The minimum atomic E-state index is 0.240. The first-order valence-electron chi connectivity index (χ1n) is 6.25. The number of nitrogens with two attached hydrogens (primary N) is 1. The summed E-state index contributed by atoms with van der Waals surface area (Å²) in [6, 6.07) is 5.41. The molecule has 1 aliphatic rings. The third-order valence-corrected chi connectivity index (χ3v) is 4.15. The van der Waals surface area contributed by atoms with Crippen LogP contribution in [0.1, 0.15) is 48.9 Å². The van der Waals surface area contributed by atoms with E-state index in [9.17, 15) is 4.79 Å². The van der Waals surface area contributed by atoms with Crippen LogP contribution in [0.5, 0.6) is 0 Å². The fourth-order valence-electron chi connectivity index (χ4n) is 2.52. The molecule has 92 valence electrons. The monoisotopic (exact) mass is 295 g/mol. The maximum atomic E-state index is 12.2. The zero-order valence-electron chi connectivity index (χ0n) is 9.92. The summed E-state index contributed by atoms with van der Waals surface area (Å²) in [5.41, 5.74) is 7.13. The summed E-state index contributed by atoms with van der Waals surface area (Å²) in [4.78, 5) is 12.2. The van der Waals surface area contributed by atoms with Gasteiger partial charge in [-0.1, -0.05) is 32.1 Å². The van der Waals surface area contributed by atoms with Gasteiger partial charge in [-0.3, -0.25) is 4.79 Å². The van der Waals surface area contributed by atoms with Crippen molar-refractivity contribution in [3.63, 3.8) is 0 Å². The highest BCUT2D eigenvalue weighted by Crippen LogP contribution is 2.29. The van der Waals surface area contributed by atoms with Crippen molar-refractivity contribution < 1.29 is 4.79 Å². The first-order chi connectivity index (χ1) is 8.16. The van der Waals surface area contributed by atoms with E-state index >= 15 is 0 Å². The van der Waals surface area contributed by atoms with E-state index in [0.717, 1.165) is 10.0 Å². The van der Waals surface area contributed by atoms with Gasteiger partial charge in [-0.2, -0.15) is 0 Å². The van der Waals surface area contributed by atoms with Crippen molar-refractivity contribution >= 4 is 27.4 Å². The Morgan fingerprint density at radius 2 is 2.00 bits per heavy atom. The topological polar surface area (TPSA) is 43.1 Å². The molecular weight excluding hydrogens is 278 g/mol. The maximum absolute atomic E-state index is 12.2. The molecule has 0 saturated heterocycles. The number of Topliss-reactive ketones (excluding diaryl/α,β-unsaturated/α-hetero) is 1. The summed E-state index contributed by atoms with van der Waals surface area (Å²) in [5.74, 6) is 0.824. The van der Waals surface area contributed by atoms with Crippen LogP contribution in [0.25, 0.3) is 0 Å². The van der Waals surface area contributed by atoms with E-state index < -0.39 is 0 Å². The number of hydrogen-bond acceptors (Lipinski definition) is 2. The van der Waals surface area contributed by atoms with Gasteiger partial charge in [-0.05, 0) is 40.0 Å². The van der Waals surface area contributed by atoms with Crippen LogP contribution in [0.4, 0.5) is 5.69 Å². The average Bonchev–Trinajstić information content (AvgIpc) is 2.30. The van der Waals surface area contributed by atoms with Crippen LogP contribution in [0, 0.1) is 5.92 Å². The second-order valence-corrected chi connectivity index (χ2v) is 5.72. The van der Waals surface area contributed by atoms with E-state index in [2.05, 4.69) is 15.9 Å². The van der Waals surface area contributed by atoms with Gasteiger partial charge in [0.15, 0.2) is 5.78 Å². The Bertz CT molecular complexity index is 411. The Morgan fingerprint density at radius 3 is 2.65 bits per heavy atom. The Morgan fingerprint density at radius 1 is 1.29 bits per heavy atom. The second kappa shape index (κ2) is 5.67. The smallest absolute Gasteiger partial charge is 0.164 e. The van der Waals surface area contributed by atoms with Gasteiger partial charge in [0.05, 0.1) is 0 Å². The van der Waals surface area contributed by atoms with Gasteiger partial charge >= 0.3 is 0 Å². The molecule has 2 rings (SSSR count). The quantitative estimate of drug-likeness (QED) is 0.671. The lowest BCUT2D eigenvalue weighted by molar-refractivity contribution is 0.0949. The van der Waals surface area contributed by atoms with Gasteiger partial charge in [-0.15, -0.1) is 0 Å². The molecule has 0 heterocycles. The number of carbonyl (C=O) groups is 1. The molecule has 1 fully saturated rings. The van der Waals surface area contributed by atoms with E-state index in [1.165, 1.54) is 32.1 Å². The Balaban J connectivity index is 2.03.